The van der Waals surface area contributed by atoms with Gasteiger partial charge in [-0.1, -0.05) is 24.3 Å². The number of hydrogen-bond donors (Lipinski definition) is 0. The summed E-state index contributed by atoms with van der Waals surface area (Å²) in [5.74, 6) is -0.566. The van der Waals surface area contributed by atoms with Gasteiger partial charge in [-0.2, -0.15) is 0 Å². The van der Waals surface area contributed by atoms with Crippen LogP contribution >= 0.6 is 0 Å². The molecule has 3 aliphatic heterocycles. The van der Waals surface area contributed by atoms with Gasteiger partial charge in [0.1, 0.15) is 11.3 Å². The Kier molecular flexibility index (Phi) is 6.95. The second kappa shape index (κ2) is 10.7. The van der Waals surface area contributed by atoms with Gasteiger partial charge < -0.3 is 28.7 Å². The summed E-state index contributed by atoms with van der Waals surface area (Å²) in [6, 6.07) is 18.7. The molecule has 210 valence electrons. The molecule has 0 spiro atoms. The van der Waals surface area contributed by atoms with Gasteiger partial charge in [-0.25, -0.2) is 4.58 Å². The molecule has 0 aromatic heterocycles. The highest BCUT2D eigenvalue weighted by atomic mass is 16.5. The number of fused-ring (bicyclic) bond motifs is 2. The van der Waals surface area contributed by atoms with Crippen molar-refractivity contribution < 1.29 is 33.4 Å². The zero-order valence-electron chi connectivity index (χ0n) is 22.9. The number of hydrogen-bond acceptors (Lipinski definition) is 8. The van der Waals surface area contributed by atoms with Gasteiger partial charge in [0.05, 0.1) is 45.0 Å². The molecule has 2 fully saturated rings. The minimum absolute atomic E-state index is 0.108. The molecule has 0 N–H and O–H groups in total. The van der Waals surface area contributed by atoms with Crippen molar-refractivity contribution in [1.29, 1.82) is 0 Å². The minimum Gasteiger partial charge on any atom is -0.545 e. The summed E-state index contributed by atoms with van der Waals surface area (Å²) in [7, 11) is 2.80. The van der Waals surface area contributed by atoms with E-state index in [2.05, 4.69) is 9.48 Å². The largest absolute Gasteiger partial charge is 0.545 e. The van der Waals surface area contributed by atoms with E-state index in [9.17, 15) is 19.5 Å². The summed E-state index contributed by atoms with van der Waals surface area (Å²) in [6.07, 6.45) is 0.777. The van der Waals surface area contributed by atoms with E-state index in [0.29, 0.717) is 29.7 Å². The zero-order chi connectivity index (χ0) is 28.7. The normalized spacial score (nSPS) is 16.8. The van der Waals surface area contributed by atoms with E-state index in [1.54, 1.807) is 18.2 Å². The third-order valence-electron chi connectivity index (χ3n) is 8.12. The van der Waals surface area contributed by atoms with Gasteiger partial charge >= 0.3 is 11.9 Å². The summed E-state index contributed by atoms with van der Waals surface area (Å²) < 4.78 is 18.3. The molecule has 2 aromatic rings. The first-order valence-electron chi connectivity index (χ1n) is 13.6. The van der Waals surface area contributed by atoms with Crippen LogP contribution in [0.15, 0.2) is 65.1 Å². The SMILES string of the molecule is COC(=O)CC1CN(c2ccc3c(-c4ccccc4C(=O)[O-])c4ccc(=[N+]5CC(CC(=O)OC)C5)cc-4oc3c2)C1. The standard InChI is InChI=1S/C32H30N2O7/c1-39-29(35)11-19-15-33(16-19)21-7-9-25-27(13-21)41-28-14-22(34-17-20(18-34)12-30(36)40-2)8-10-26(28)31(25)23-5-3-4-6-24(23)32(37)38/h3-10,13-14,19-20H,11-12,15-18H2,1-2H3. The summed E-state index contributed by atoms with van der Waals surface area (Å²) in [5.41, 5.74) is 3.80. The average Bonchev–Trinajstić information content (AvgIpc) is 2.94. The van der Waals surface area contributed by atoms with E-state index in [4.69, 9.17) is 13.9 Å². The van der Waals surface area contributed by atoms with Crippen molar-refractivity contribution in [2.45, 2.75) is 12.8 Å². The van der Waals surface area contributed by atoms with Crippen LogP contribution in [0.3, 0.4) is 0 Å². The molecular formula is C32H30N2O7. The summed E-state index contributed by atoms with van der Waals surface area (Å²) in [5, 5.41) is 13.8. The van der Waals surface area contributed by atoms with Crippen LogP contribution in [-0.4, -0.2) is 58.3 Å². The first-order valence-corrected chi connectivity index (χ1v) is 13.6. The van der Waals surface area contributed by atoms with E-state index in [0.717, 1.165) is 53.7 Å². The van der Waals surface area contributed by atoms with Crippen molar-refractivity contribution >= 4 is 34.6 Å². The number of ether oxygens (including phenoxy) is 2. The highest BCUT2D eigenvalue weighted by molar-refractivity contribution is 6.07. The lowest BCUT2D eigenvalue weighted by molar-refractivity contribution is -0.254. The maximum atomic E-state index is 12.1. The molecule has 1 aliphatic carbocycles. The van der Waals surface area contributed by atoms with Gasteiger partial charge in [-0.3, -0.25) is 9.59 Å². The quantitative estimate of drug-likeness (QED) is 0.195. The van der Waals surface area contributed by atoms with Crippen LogP contribution in [0.4, 0.5) is 5.69 Å². The Balaban J connectivity index is 1.44. The lowest BCUT2D eigenvalue weighted by Gasteiger charge is -2.40. The molecule has 2 aromatic carbocycles. The van der Waals surface area contributed by atoms with Crippen LogP contribution < -0.4 is 19.9 Å². The molecular weight excluding hydrogens is 524 g/mol. The molecule has 9 nitrogen and oxygen atoms in total. The Hall–Kier alpha value is -4.66. The summed E-state index contributed by atoms with van der Waals surface area (Å²) in [4.78, 5) is 37.6. The first-order chi connectivity index (χ1) is 19.8. The van der Waals surface area contributed by atoms with Gasteiger partial charge in [-0.15, -0.1) is 0 Å². The molecule has 4 aliphatic rings. The molecule has 0 saturated carbocycles. The van der Waals surface area contributed by atoms with E-state index in [1.165, 1.54) is 14.2 Å². The highest BCUT2D eigenvalue weighted by Gasteiger charge is 2.34. The van der Waals surface area contributed by atoms with Crippen LogP contribution in [0.25, 0.3) is 33.4 Å². The fraction of sp³-hybridized carbons (Fsp3) is 0.312. The maximum Gasteiger partial charge on any atom is 0.306 e. The zero-order valence-corrected chi connectivity index (χ0v) is 22.9. The Morgan fingerprint density at radius 3 is 2.32 bits per heavy atom. The number of carbonyl (C=O) groups excluding carboxylic acids is 3. The Labute approximate surface area is 236 Å². The lowest BCUT2D eigenvalue weighted by Crippen LogP contribution is -2.49. The van der Waals surface area contributed by atoms with Crippen molar-refractivity contribution in [1.82, 2.24) is 4.58 Å². The number of benzene rings is 3. The van der Waals surface area contributed by atoms with Crippen LogP contribution in [0, 0.1) is 11.8 Å². The Bertz CT molecular complexity index is 1710. The van der Waals surface area contributed by atoms with Gasteiger partial charge in [0, 0.05) is 58.9 Å². The summed E-state index contributed by atoms with van der Waals surface area (Å²) >= 11 is 0. The van der Waals surface area contributed by atoms with Crippen molar-refractivity contribution in [3.05, 3.63) is 71.6 Å². The van der Waals surface area contributed by atoms with Crippen LogP contribution in [0.1, 0.15) is 23.2 Å². The third-order valence-corrected chi connectivity index (χ3v) is 8.12. The smallest absolute Gasteiger partial charge is 0.306 e. The number of carboxylic acids is 1. The van der Waals surface area contributed by atoms with Crippen molar-refractivity contribution in [3.63, 3.8) is 0 Å². The Morgan fingerprint density at radius 2 is 1.61 bits per heavy atom. The van der Waals surface area contributed by atoms with Crippen LogP contribution in [0.5, 0.6) is 0 Å². The lowest BCUT2D eigenvalue weighted by atomic mass is 9.90. The molecule has 41 heavy (non-hydrogen) atoms. The van der Waals surface area contributed by atoms with Crippen LogP contribution in [0.2, 0.25) is 0 Å². The van der Waals surface area contributed by atoms with E-state index in [-0.39, 0.29) is 29.3 Å². The number of rotatable bonds is 7. The van der Waals surface area contributed by atoms with Gasteiger partial charge in [0.25, 0.3) is 0 Å². The second-order valence-electron chi connectivity index (χ2n) is 10.8. The third kappa shape index (κ3) is 5.03. The molecule has 0 bridgehead atoms. The predicted octanol–water partition coefficient (Wildman–Crippen LogP) is 2.53. The number of nitrogens with zero attached hydrogens (tertiary/aromatic N) is 2. The number of methoxy groups -OCH3 is 2. The number of carboxylic acid groups (broad SMARTS) is 1. The van der Waals surface area contributed by atoms with Crippen molar-refractivity contribution in [2.24, 2.45) is 11.8 Å². The van der Waals surface area contributed by atoms with Gasteiger partial charge in [0.15, 0.2) is 13.1 Å². The predicted molar refractivity (Wildman–Crippen MR) is 150 cm³/mol. The van der Waals surface area contributed by atoms with E-state index >= 15 is 0 Å². The number of aromatic carboxylic acids is 1. The molecule has 0 unspecified atom stereocenters. The average molecular weight is 555 g/mol. The van der Waals surface area contributed by atoms with Crippen molar-refractivity contribution in [2.75, 3.05) is 45.3 Å². The number of carbonyl (C=O) groups is 3. The highest BCUT2D eigenvalue weighted by Crippen LogP contribution is 2.42. The molecule has 6 rings (SSSR count). The molecule has 9 heteroatoms. The molecule has 3 heterocycles. The molecule has 0 amide bonds. The minimum atomic E-state index is -1.25. The monoisotopic (exact) mass is 554 g/mol. The number of anilines is 1. The van der Waals surface area contributed by atoms with E-state index < -0.39 is 5.97 Å². The molecule has 0 atom stereocenters. The Morgan fingerprint density at radius 1 is 0.902 bits per heavy atom. The topological polar surface area (TPSA) is 112 Å². The molecule has 0 radical (unpaired) electrons. The van der Waals surface area contributed by atoms with Gasteiger partial charge in [0.2, 0.25) is 5.36 Å². The fourth-order valence-electron chi connectivity index (χ4n) is 5.89. The second-order valence-corrected chi connectivity index (χ2v) is 10.8. The fourth-order valence-corrected chi connectivity index (χ4v) is 5.89. The molecule has 2 saturated heterocycles. The number of esters is 2. The van der Waals surface area contributed by atoms with Crippen molar-refractivity contribution in [3.8, 4) is 22.5 Å². The summed E-state index contributed by atoms with van der Waals surface area (Å²) in [6.45, 7) is 2.95. The maximum absolute atomic E-state index is 12.1. The van der Waals surface area contributed by atoms with Gasteiger partial charge in [-0.05, 0) is 23.8 Å². The first kappa shape index (κ1) is 26.6. The van der Waals surface area contributed by atoms with E-state index in [1.807, 2.05) is 42.5 Å². The van der Waals surface area contributed by atoms with Crippen LogP contribution in [-0.2, 0) is 19.1 Å².